The zero-order chi connectivity index (χ0) is 21.5. The van der Waals surface area contributed by atoms with Gasteiger partial charge in [0.25, 0.3) is 0 Å². The Labute approximate surface area is 207 Å². The fourth-order valence-corrected chi connectivity index (χ4v) is 4.43. The molecule has 1 atom stereocenters. The number of anilines is 1. The number of rotatable bonds is 6. The predicted octanol–water partition coefficient (Wildman–Crippen LogP) is 2.89. The second-order valence-electron chi connectivity index (χ2n) is 9.10. The average molecular weight is 543 g/mol. The van der Waals surface area contributed by atoms with Crippen molar-refractivity contribution in [3.05, 3.63) is 29.3 Å². The van der Waals surface area contributed by atoms with Crippen LogP contribution in [0.4, 0.5) is 5.69 Å². The quantitative estimate of drug-likeness (QED) is 0.340. The van der Waals surface area contributed by atoms with Crippen LogP contribution < -0.4 is 10.2 Å². The number of likely N-dealkylation sites (N-methyl/N-ethyl adjacent to an activating group) is 1. The minimum absolute atomic E-state index is 0. The summed E-state index contributed by atoms with van der Waals surface area (Å²) in [6, 6.07) is 6.64. The van der Waals surface area contributed by atoms with Crippen LogP contribution in [0.2, 0.25) is 0 Å². The molecular weight excluding hydrogens is 499 g/mol. The van der Waals surface area contributed by atoms with Crippen LogP contribution in [0.25, 0.3) is 0 Å². The van der Waals surface area contributed by atoms with E-state index in [2.05, 4.69) is 77.9 Å². The zero-order valence-corrected chi connectivity index (χ0v) is 22.6. The number of hydrogen-bond donors (Lipinski definition) is 1. The molecule has 6 nitrogen and oxygen atoms in total. The van der Waals surface area contributed by atoms with Crippen molar-refractivity contribution >= 4 is 35.6 Å². The van der Waals surface area contributed by atoms with Crippen molar-refractivity contribution in [2.45, 2.75) is 27.7 Å². The van der Waals surface area contributed by atoms with Crippen LogP contribution in [0, 0.1) is 19.8 Å². The van der Waals surface area contributed by atoms with Crippen LogP contribution in [0.15, 0.2) is 23.2 Å². The zero-order valence-electron chi connectivity index (χ0n) is 20.2. The van der Waals surface area contributed by atoms with Crippen LogP contribution in [-0.4, -0.2) is 99.7 Å². The minimum Gasteiger partial charge on any atom is -0.368 e. The van der Waals surface area contributed by atoms with Crippen LogP contribution in [-0.2, 0) is 0 Å². The van der Waals surface area contributed by atoms with E-state index < -0.39 is 0 Å². The lowest BCUT2D eigenvalue weighted by atomic mass is 10.1. The molecule has 1 unspecified atom stereocenters. The van der Waals surface area contributed by atoms with Gasteiger partial charge in [0.15, 0.2) is 5.96 Å². The third kappa shape index (κ3) is 7.49. The standard InChI is InChI=1S/C24H42N6.HI/c1-6-25-24(26-18-20(2)19-28-12-10-27(5)11-13-28)30-16-14-29(15-17-30)23-9-7-8-21(3)22(23)4;/h7-9,20H,6,10-19H2,1-5H3,(H,25,26);1H. The Morgan fingerprint density at radius 1 is 1.03 bits per heavy atom. The fourth-order valence-electron chi connectivity index (χ4n) is 4.43. The summed E-state index contributed by atoms with van der Waals surface area (Å²) >= 11 is 0. The van der Waals surface area contributed by atoms with Gasteiger partial charge in [0.1, 0.15) is 0 Å². The smallest absolute Gasteiger partial charge is 0.194 e. The number of aryl methyl sites for hydroxylation is 1. The number of guanidine groups is 1. The Morgan fingerprint density at radius 3 is 2.35 bits per heavy atom. The Bertz CT molecular complexity index is 693. The summed E-state index contributed by atoms with van der Waals surface area (Å²) in [6.07, 6.45) is 0. The van der Waals surface area contributed by atoms with Crippen molar-refractivity contribution < 1.29 is 0 Å². The molecule has 2 fully saturated rings. The van der Waals surface area contributed by atoms with Gasteiger partial charge >= 0.3 is 0 Å². The van der Waals surface area contributed by atoms with Crippen molar-refractivity contribution in [1.82, 2.24) is 20.0 Å². The molecule has 2 heterocycles. The Balaban J connectivity index is 0.00000341. The molecule has 1 aromatic rings. The third-order valence-corrected chi connectivity index (χ3v) is 6.55. The molecule has 0 aliphatic carbocycles. The first-order valence-corrected chi connectivity index (χ1v) is 11.7. The largest absolute Gasteiger partial charge is 0.368 e. The summed E-state index contributed by atoms with van der Waals surface area (Å²) in [5.41, 5.74) is 4.17. The summed E-state index contributed by atoms with van der Waals surface area (Å²) in [7, 11) is 2.22. The van der Waals surface area contributed by atoms with Crippen molar-refractivity contribution in [1.29, 1.82) is 0 Å². The molecular formula is C24H43IN6. The molecule has 31 heavy (non-hydrogen) atoms. The molecule has 2 aliphatic rings. The number of benzene rings is 1. The van der Waals surface area contributed by atoms with E-state index in [-0.39, 0.29) is 24.0 Å². The Kier molecular flexibility index (Phi) is 10.9. The van der Waals surface area contributed by atoms with Gasteiger partial charge in [-0.25, -0.2) is 0 Å². The molecule has 0 bridgehead atoms. The predicted molar refractivity (Wildman–Crippen MR) is 144 cm³/mol. The number of halogens is 1. The maximum absolute atomic E-state index is 5.02. The van der Waals surface area contributed by atoms with Gasteiger partial charge in [0.05, 0.1) is 0 Å². The fraction of sp³-hybridized carbons (Fsp3) is 0.708. The normalized spacial score (nSPS) is 19.8. The van der Waals surface area contributed by atoms with Gasteiger partial charge < -0.3 is 24.9 Å². The number of aliphatic imine (C=N–C) groups is 1. The highest BCUT2D eigenvalue weighted by Gasteiger charge is 2.22. The Hall–Kier alpha value is -1.06. The van der Waals surface area contributed by atoms with Crippen LogP contribution in [0.1, 0.15) is 25.0 Å². The maximum Gasteiger partial charge on any atom is 0.194 e. The molecule has 2 aliphatic heterocycles. The molecule has 0 aromatic heterocycles. The summed E-state index contributed by atoms with van der Waals surface area (Å²) < 4.78 is 0. The van der Waals surface area contributed by atoms with Crippen LogP contribution in [0.5, 0.6) is 0 Å². The van der Waals surface area contributed by atoms with Gasteiger partial charge in [-0.1, -0.05) is 19.1 Å². The first-order chi connectivity index (χ1) is 14.5. The summed E-state index contributed by atoms with van der Waals surface area (Å²) in [5, 5.41) is 3.53. The van der Waals surface area contributed by atoms with Crippen molar-refractivity contribution in [3.63, 3.8) is 0 Å². The molecule has 3 rings (SSSR count). The van der Waals surface area contributed by atoms with Gasteiger partial charge in [0.2, 0.25) is 0 Å². The molecule has 0 saturated carbocycles. The molecule has 0 spiro atoms. The van der Waals surface area contributed by atoms with E-state index in [4.69, 9.17) is 4.99 Å². The SMILES string of the molecule is CCNC(=NCC(C)CN1CCN(C)CC1)N1CCN(c2cccc(C)c2C)CC1.I. The van der Waals surface area contributed by atoms with Crippen LogP contribution >= 0.6 is 24.0 Å². The number of hydrogen-bond acceptors (Lipinski definition) is 4. The molecule has 1 aromatic carbocycles. The molecule has 176 valence electrons. The molecule has 0 radical (unpaired) electrons. The molecule has 7 heteroatoms. The number of piperazine rings is 2. The lowest BCUT2D eigenvalue weighted by Crippen LogP contribution is -2.53. The second-order valence-corrected chi connectivity index (χ2v) is 9.10. The highest BCUT2D eigenvalue weighted by Crippen LogP contribution is 2.23. The minimum atomic E-state index is 0. The number of nitrogens with one attached hydrogen (secondary N) is 1. The summed E-state index contributed by atoms with van der Waals surface area (Å²) in [6.45, 7) is 20.8. The lowest BCUT2D eigenvalue weighted by molar-refractivity contribution is 0.140. The monoisotopic (exact) mass is 542 g/mol. The second kappa shape index (κ2) is 12.8. The maximum atomic E-state index is 5.02. The van der Waals surface area contributed by atoms with Crippen molar-refractivity contribution in [2.75, 3.05) is 83.9 Å². The van der Waals surface area contributed by atoms with E-state index in [1.54, 1.807) is 0 Å². The van der Waals surface area contributed by atoms with Gasteiger partial charge in [-0.2, -0.15) is 0 Å². The van der Waals surface area contributed by atoms with E-state index in [1.165, 1.54) is 43.0 Å². The molecule has 2 saturated heterocycles. The summed E-state index contributed by atoms with van der Waals surface area (Å²) in [4.78, 5) is 15.0. The number of nitrogens with zero attached hydrogens (tertiary/aromatic N) is 5. The highest BCUT2D eigenvalue weighted by molar-refractivity contribution is 14.0. The van der Waals surface area contributed by atoms with E-state index in [0.29, 0.717) is 5.92 Å². The van der Waals surface area contributed by atoms with Crippen molar-refractivity contribution in [3.8, 4) is 0 Å². The first-order valence-electron chi connectivity index (χ1n) is 11.7. The van der Waals surface area contributed by atoms with Crippen molar-refractivity contribution in [2.24, 2.45) is 10.9 Å². The topological polar surface area (TPSA) is 37.4 Å². The van der Waals surface area contributed by atoms with E-state index in [0.717, 1.165) is 51.8 Å². The first kappa shape index (κ1) is 26.2. The third-order valence-electron chi connectivity index (χ3n) is 6.55. The summed E-state index contributed by atoms with van der Waals surface area (Å²) in [5.74, 6) is 1.67. The van der Waals surface area contributed by atoms with Crippen LogP contribution in [0.3, 0.4) is 0 Å². The van der Waals surface area contributed by atoms with Gasteiger partial charge in [-0.05, 0) is 50.9 Å². The highest BCUT2D eigenvalue weighted by atomic mass is 127. The average Bonchev–Trinajstić information content (AvgIpc) is 2.75. The van der Waals surface area contributed by atoms with E-state index in [1.807, 2.05) is 0 Å². The van der Waals surface area contributed by atoms with Gasteiger partial charge in [-0.15, -0.1) is 24.0 Å². The van der Waals surface area contributed by atoms with Gasteiger partial charge in [0, 0.05) is 77.7 Å². The Morgan fingerprint density at radius 2 is 1.71 bits per heavy atom. The lowest BCUT2D eigenvalue weighted by Gasteiger charge is -2.38. The molecule has 0 amide bonds. The molecule has 1 N–H and O–H groups in total. The van der Waals surface area contributed by atoms with E-state index in [9.17, 15) is 0 Å². The van der Waals surface area contributed by atoms with Gasteiger partial charge in [-0.3, -0.25) is 4.99 Å². The van der Waals surface area contributed by atoms with E-state index >= 15 is 0 Å².